The number of carbonyl (C=O) groups excluding carboxylic acids is 1. The first-order valence-corrected chi connectivity index (χ1v) is 12.3. The lowest BCUT2D eigenvalue weighted by molar-refractivity contribution is 0.0987. The zero-order valence-corrected chi connectivity index (χ0v) is 20.7. The van der Waals surface area contributed by atoms with Gasteiger partial charge in [-0.05, 0) is 54.8 Å². The topological polar surface area (TPSA) is 90.9 Å². The molecule has 1 aromatic carbocycles. The molecule has 6 aromatic rings. The van der Waals surface area contributed by atoms with Gasteiger partial charge in [-0.3, -0.25) is 18.9 Å². The van der Waals surface area contributed by atoms with Gasteiger partial charge in [0.15, 0.2) is 5.78 Å². The molecule has 5 heterocycles. The van der Waals surface area contributed by atoms with Crippen molar-refractivity contribution in [2.75, 3.05) is 0 Å². The molecular formula is C29H25N7O. The third-order valence-electron chi connectivity index (χ3n) is 6.57. The van der Waals surface area contributed by atoms with Gasteiger partial charge in [0.2, 0.25) is 0 Å². The minimum absolute atomic E-state index is 0.00551. The maximum absolute atomic E-state index is 13.5. The van der Waals surface area contributed by atoms with Crippen molar-refractivity contribution >= 4 is 22.3 Å². The summed E-state index contributed by atoms with van der Waals surface area (Å²) in [5.41, 5.74) is 8.01. The second kappa shape index (κ2) is 9.39. The van der Waals surface area contributed by atoms with Crippen LogP contribution in [0.1, 0.15) is 40.1 Å². The summed E-state index contributed by atoms with van der Waals surface area (Å²) in [6.45, 7) is 4.66. The van der Waals surface area contributed by atoms with E-state index in [0.29, 0.717) is 17.9 Å². The molecule has 0 aliphatic heterocycles. The van der Waals surface area contributed by atoms with Crippen LogP contribution in [-0.2, 0) is 19.4 Å². The fourth-order valence-electron chi connectivity index (χ4n) is 4.82. The molecule has 6 rings (SSSR count). The van der Waals surface area contributed by atoms with Gasteiger partial charge in [0.1, 0.15) is 17.7 Å². The van der Waals surface area contributed by atoms with E-state index in [1.807, 2.05) is 64.7 Å². The van der Waals surface area contributed by atoms with Gasteiger partial charge < -0.3 is 0 Å². The molecule has 0 aliphatic rings. The van der Waals surface area contributed by atoms with Crippen LogP contribution in [0, 0.1) is 6.92 Å². The van der Waals surface area contributed by atoms with Crippen LogP contribution < -0.4 is 0 Å². The highest BCUT2D eigenvalue weighted by Crippen LogP contribution is 2.26. The number of Topliss-reactive ketones (excluding diaryl/α,β-unsaturated/α-hetero) is 1. The first-order chi connectivity index (χ1) is 18.1. The maximum Gasteiger partial charge on any atom is 0.185 e. The van der Waals surface area contributed by atoms with Gasteiger partial charge in [-0.1, -0.05) is 25.1 Å². The Morgan fingerprint density at radius 2 is 1.81 bits per heavy atom. The van der Waals surface area contributed by atoms with Crippen molar-refractivity contribution in [2.45, 2.75) is 33.2 Å². The SMILES string of the molecule is CCc1nn(Cc2cccc(C)n2)c2cccc(CC(=O)c3cnc4cc(-c5cncnc5)ccn34)c12. The number of pyridine rings is 2. The predicted octanol–water partition coefficient (Wildman–Crippen LogP) is 4.88. The summed E-state index contributed by atoms with van der Waals surface area (Å²) in [6, 6.07) is 16.0. The Labute approximate surface area is 213 Å². The van der Waals surface area contributed by atoms with E-state index < -0.39 is 0 Å². The Bertz CT molecular complexity index is 1750. The van der Waals surface area contributed by atoms with Gasteiger partial charge in [0.05, 0.1) is 29.6 Å². The molecular weight excluding hydrogens is 462 g/mol. The number of benzene rings is 1. The van der Waals surface area contributed by atoms with Gasteiger partial charge >= 0.3 is 0 Å². The Hall–Kier alpha value is -4.72. The third-order valence-corrected chi connectivity index (χ3v) is 6.57. The van der Waals surface area contributed by atoms with Crippen LogP contribution in [0.15, 0.2) is 79.6 Å². The van der Waals surface area contributed by atoms with E-state index in [2.05, 4.69) is 32.9 Å². The van der Waals surface area contributed by atoms with Gasteiger partial charge in [-0.25, -0.2) is 15.0 Å². The zero-order chi connectivity index (χ0) is 25.4. The van der Waals surface area contributed by atoms with Gasteiger partial charge in [-0.2, -0.15) is 5.10 Å². The van der Waals surface area contributed by atoms with E-state index >= 15 is 0 Å². The van der Waals surface area contributed by atoms with Crippen molar-refractivity contribution in [3.8, 4) is 11.1 Å². The average molecular weight is 488 g/mol. The number of aryl methyl sites for hydroxylation is 2. The fraction of sp³-hybridized carbons (Fsp3) is 0.172. The molecule has 8 heteroatoms. The molecule has 37 heavy (non-hydrogen) atoms. The summed E-state index contributed by atoms with van der Waals surface area (Å²) < 4.78 is 3.83. The lowest BCUT2D eigenvalue weighted by Gasteiger charge is -2.07. The van der Waals surface area contributed by atoms with E-state index in [0.717, 1.165) is 51.1 Å². The quantitative estimate of drug-likeness (QED) is 0.298. The Morgan fingerprint density at radius 1 is 0.973 bits per heavy atom. The Balaban J connectivity index is 1.33. The van der Waals surface area contributed by atoms with E-state index in [-0.39, 0.29) is 12.2 Å². The summed E-state index contributed by atoms with van der Waals surface area (Å²) in [7, 11) is 0. The smallest absolute Gasteiger partial charge is 0.185 e. The second-order valence-electron chi connectivity index (χ2n) is 9.05. The number of carbonyl (C=O) groups is 1. The third kappa shape index (κ3) is 4.27. The van der Waals surface area contributed by atoms with Gasteiger partial charge in [0, 0.05) is 41.7 Å². The van der Waals surface area contributed by atoms with E-state index in [1.165, 1.54) is 6.33 Å². The Morgan fingerprint density at radius 3 is 2.62 bits per heavy atom. The first kappa shape index (κ1) is 22.7. The monoisotopic (exact) mass is 487 g/mol. The van der Waals surface area contributed by atoms with Crippen LogP contribution in [0.2, 0.25) is 0 Å². The molecule has 0 unspecified atom stereocenters. The lowest BCUT2D eigenvalue weighted by Crippen LogP contribution is -2.07. The van der Waals surface area contributed by atoms with Gasteiger partial charge in [0.25, 0.3) is 0 Å². The van der Waals surface area contributed by atoms with Crippen molar-refractivity contribution in [1.29, 1.82) is 0 Å². The molecule has 0 amide bonds. The lowest BCUT2D eigenvalue weighted by atomic mass is 10.0. The average Bonchev–Trinajstić information content (AvgIpc) is 3.51. The minimum atomic E-state index is 0.00551. The second-order valence-corrected chi connectivity index (χ2v) is 9.05. The molecule has 0 radical (unpaired) electrons. The molecule has 0 aliphatic carbocycles. The van der Waals surface area contributed by atoms with Crippen LogP contribution in [-0.4, -0.2) is 39.9 Å². The predicted molar refractivity (Wildman–Crippen MR) is 141 cm³/mol. The normalized spacial score (nSPS) is 11.4. The zero-order valence-electron chi connectivity index (χ0n) is 20.7. The molecule has 0 bridgehead atoms. The largest absolute Gasteiger partial charge is 0.297 e. The molecule has 0 fully saturated rings. The standard InChI is InChI=1S/C29H25N7O/c1-3-24-29-21(7-5-9-25(29)36(34-24)17-23-8-4-6-19(2)33-23)12-27(37)26-16-32-28-13-20(10-11-35(26)28)22-14-30-18-31-15-22/h4-11,13-16,18H,3,12,17H2,1-2H3. The number of imidazole rings is 1. The van der Waals surface area contributed by atoms with Crippen LogP contribution in [0.4, 0.5) is 0 Å². The summed E-state index contributed by atoms with van der Waals surface area (Å²) in [4.78, 5) is 30.8. The van der Waals surface area contributed by atoms with Crippen LogP contribution in [0.3, 0.4) is 0 Å². The minimum Gasteiger partial charge on any atom is -0.297 e. The van der Waals surface area contributed by atoms with Crippen molar-refractivity contribution in [1.82, 2.24) is 34.1 Å². The van der Waals surface area contributed by atoms with Crippen molar-refractivity contribution in [3.63, 3.8) is 0 Å². The Kier molecular flexibility index (Phi) is 5.76. The van der Waals surface area contributed by atoms with Crippen LogP contribution >= 0.6 is 0 Å². The molecule has 0 N–H and O–H groups in total. The van der Waals surface area contributed by atoms with E-state index in [4.69, 9.17) is 5.10 Å². The molecule has 0 atom stereocenters. The number of nitrogens with zero attached hydrogens (tertiary/aromatic N) is 7. The number of aromatic nitrogens is 7. The molecule has 0 saturated heterocycles. The molecule has 8 nitrogen and oxygen atoms in total. The summed E-state index contributed by atoms with van der Waals surface area (Å²) >= 11 is 0. The number of hydrogen-bond donors (Lipinski definition) is 0. The summed E-state index contributed by atoms with van der Waals surface area (Å²) in [5, 5.41) is 5.94. The number of hydrogen-bond acceptors (Lipinski definition) is 6. The van der Waals surface area contributed by atoms with Crippen LogP contribution in [0.25, 0.3) is 27.7 Å². The molecule has 182 valence electrons. The molecule has 0 spiro atoms. The first-order valence-electron chi connectivity index (χ1n) is 12.3. The maximum atomic E-state index is 13.5. The highest BCUT2D eigenvalue weighted by Gasteiger charge is 2.19. The molecule has 5 aromatic heterocycles. The van der Waals surface area contributed by atoms with Crippen molar-refractivity contribution in [3.05, 3.63) is 108 Å². The highest BCUT2D eigenvalue weighted by molar-refractivity contribution is 5.99. The van der Waals surface area contributed by atoms with Crippen molar-refractivity contribution in [2.24, 2.45) is 0 Å². The number of rotatable bonds is 7. The summed E-state index contributed by atoms with van der Waals surface area (Å²) in [6.07, 6.45) is 9.59. The number of ketones is 1. The van der Waals surface area contributed by atoms with Crippen LogP contribution in [0.5, 0.6) is 0 Å². The number of fused-ring (bicyclic) bond motifs is 2. The fourth-order valence-corrected chi connectivity index (χ4v) is 4.82. The van der Waals surface area contributed by atoms with Gasteiger partial charge in [-0.15, -0.1) is 0 Å². The molecule has 0 saturated carbocycles. The van der Waals surface area contributed by atoms with E-state index in [1.54, 1.807) is 18.6 Å². The van der Waals surface area contributed by atoms with E-state index in [9.17, 15) is 4.79 Å². The highest BCUT2D eigenvalue weighted by atomic mass is 16.1. The summed E-state index contributed by atoms with van der Waals surface area (Å²) in [5.74, 6) is 0.00551. The van der Waals surface area contributed by atoms with Crippen molar-refractivity contribution < 1.29 is 4.79 Å².